The van der Waals surface area contributed by atoms with Gasteiger partial charge in [-0.25, -0.2) is 4.79 Å². The first kappa shape index (κ1) is 23.5. The van der Waals surface area contributed by atoms with Gasteiger partial charge in [0.1, 0.15) is 0 Å². The molecular formula is C27H34BrN3O3. The van der Waals surface area contributed by atoms with Gasteiger partial charge in [-0.05, 0) is 81.0 Å². The minimum absolute atomic E-state index is 0.0914. The zero-order valence-electron chi connectivity index (χ0n) is 20.0. The fourth-order valence-corrected chi connectivity index (χ4v) is 6.67. The molecule has 7 heteroatoms. The van der Waals surface area contributed by atoms with E-state index in [-0.39, 0.29) is 17.5 Å². The lowest BCUT2D eigenvalue weighted by molar-refractivity contribution is 0.0646. The van der Waals surface area contributed by atoms with Crippen molar-refractivity contribution in [3.63, 3.8) is 0 Å². The van der Waals surface area contributed by atoms with Crippen LogP contribution in [0.2, 0.25) is 0 Å². The van der Waals surface area contributed by atoms with Crippen LogP contribution in [0.1, 0.15) is 50.5 Å². The van der Waals surface area contributed by atoms with E-state index in [0.717, 1.165) is 53.9 Å². The van der Waals surface area contributed by atoms with E-state index in [1.165, 1.54) is 24.8 Å². The lowest BCUT2D eigenvalue weighted by atomic mass is 9.64. The number of fused-ring (bicyclic) bond motifs is 1. The van der Waals surface area contributed by atoms with E-state index in [9.17, 15) is 4.79 Å². The first-order valence-electron chi connectivity index (χ1n) is 12.3. The molecule has 1 aliphatic heterocycles. The molecule has 0 spiro atoms. The molecule has 3 fully saturated rings. The van der Waals surface area contributed by atoms with Crippen LogP contribution in [0.15, 0.2) is 46.9 Å². The topological polar surface area (TPSA) is 62.8 Å². The third kappa shape index (κ3) is 4.40. The van der Waals surface area contributed by atoms with E-state index in [1.54, 1.807) is 14.2 Å². The van der Waals surface area contributed by atoms with Crippen LogP contribution in [-0.2, 0) is 5.41 Å². The summed E-state index contributed by atoms with van der Waals surface area (Å²) in [5, 5.41) is 6.26. The Labute approximate surface area is 210 Å². The van der Waals surface area contributed by atoms with Crippen LogP contribution < -0.4 is 20.1 Å². The van der Waals surface area contributed by atoms with Gasteiger partial charge in [0, 0.05) is 33.7 Å². The molecule has 6 nitrogen and oxygen atoms in total. The number of nitrogens with one attached hydrogen (secondary N) is 2. The summed E-state index contributed by atoms with van der Waals surface area (Å²) < 4.78 is 12.1. The first-order chi connectivity index (χ1) is 16.5. The molecule has 0 aromatic heterocycles. The molecule has 2 aliphatic carbocycles. The van der Waals surface area contributed by atoms with Crippen molar-refractivity contribution < 1.29 is 14.3 Å². The SMILES string of the molecule is COc1ccc([C@@]23CC[C@@H](NC(=O)Nc4cccc(Br)c4)C[C@@H]2N(C2CCC2)CC3)cc1OC. The molecule has 0 unspecified atom stereocenters. The average molecular weight is 528 g/mol. The van der Waals surface area contributed by atoms with Gasteiger partial charge in [0.2, 0.25) is 0 Å². The molecule has 3 atom stereocenters. The van der Waals surface area contributed by atoms with Crippen LogP contribution >= 0.6 is 15.9 Å². The smallest absolute Gasteiger partial charge is 0.319 e. The number of carbonyl (C=O) groups excluding carboxylic acids is 1. The second kappa shape index (κ2) is 9.78. The number of benzene rings is 2. The summed E-state index contributed by atoms with van der Waals surface area (Å²) in [5.74, 6) is 1.57. The summed E-state index contributed by atoms with van der Waals surface area (Å²) in [7, 11) is 3.39. The Hall–Kier alpha value is -2.25. The number of hydrogen-bond acceptors (Lipinski definition) is 4. The zero-order valence-corrected chi connectivity index (χ0v) is 21.6. The fourth-order valence-electron chi connectivity index (χ4n) is 6.27. The van der Waals surface area contributed by atoms with E-state index < -0.39 is 0 Å². The summed E-state index contributed by atoms with van der Waals surface area (Å²) in [6.45, 7) is 1.13. The maximum Gasteiger partial charge on any atom is 0.319 e. The molecular weight excluding hydrogens is 494 g/mol. The Morgan fingerprint density at radius 1 is 1.06 bits per heavy atom. The highest BCUT2D eigenvalue weighted by Crippen LogP contribution is 2.52. The van der Waals surface area contributed by atoms with Crippen LogP contribution in [0.25, 0.3) is 0 Å². The highest BCUT2D eigenvalue weighted by molar-refractivity contribution is 9.10. The molecule has 2 N–H and O–H groups in total. The molecule has 2 aromatic carbocycles. The summed E-state index contributed by atoms with van der Waals surface area (Å²) in [6, 6.07) is 15.3. The molecule has 0 bridgehead atoms. The number of halogens is 1. The van der Waals surface area contributed by atoms with Gasteiger partial charge < -0.3 is 20.1 Å². The Kier molecular flexibility index (Phi) is 6.76. The molecule has 5 rings (SSSR count). The van der Waals surface area contributed by atoms with Crippen molar-refractivity contribution in [2.45, 2.75) is 68.5 Å². The molecule has 2 saturated carbocycles. The molecule has 182 valence electrons. The largest absolute Gasteiger partial charge is 0.493 e. The zero-order chi connectivity index (χ0) is 23.7. The highest BCUT2D eigenvalue weighted by Gasteiger charge is 2.53. The van der Waals surface area contributed by atoms with Gasteiger partial charge in [-0.2, -0.15) is 0 Å². The monoisotopic (exact) mass is 527 g/mol. The Bertz CT molecular complexity index is 1040. The van der Waals surface area contributed by atoms with Crippen LogP contribution in [0.5, 0.6) is 11.5 Å². The Morgan fingerprint density at radius 2 is 1.88 bits per heavy atom. The summed E-state index contributed by atoms with van der Waals surface area (Å²) in [4.78, 5) is 15.5. The predicted molar refractivity (Wildman–Crippen MR) is 138 cm³/mol. The number of nitrogens with zero attached hydrogens (tertiary/aromatic N) is 1. The second-order valence-corrected chi connectivity index (χ2v) is 10.8. The van der Waals surface area contributed by atoms with Crippen LogP contribution in [-0.4, -0.2) is 49.8 Å². The van der Waals surface area contributed by atoms with Crippen molar-refractivity contribution in [2.24, 2.45) is 0 Å². The van der Waals surface area contributed by atoms with E-state index in [1.807, 2.05) is 30.3 Å². The maximum absolute atomic E-state index is 12.8. The third-order valence-electron chi connectivity index (χ3n) is 8.22. The molecule has 3 aliphatic rings. The molecule has 2 amide bonds. The van der Waals surface area contributed by atoms with Gasteiger partial charge in [-0.15, -0.1) is 0 Å². The predicted octanol–water partition coefficient (Wildman–Crippen LogP) is 5.71. The number of anilines is 1. The third-order valence-corrected chi connectivity index (χ3v) is 8.71. The standard InChI is InChI=1S/C27H34BrN3O3/c1-33-23-10-9-18(15-24(23)34-2)27-12-11-21(17-25(27)31(14-13-27)22-7-4-8-22)30-26(32)29-20-6-3-5-19(28)16-20/h3,5-6,9-10,15-16,21-22,25H,4,7-8,11-14,17H2,1-2H3,(H2,29,30,32)/t21-,25+,27+/m1/s1. The Balaban J connectivity index is 1.36. The molecule has 2 aromatic rings. The summed E-state index contributed by atoms with van der Waals surface area (Å²) >= 11 is 3.47. The molecule has 1 heterocycles. The van der Waals surface area contributed by atoms with E-state index >= 15 is 0 Å². The number of rotatable bonds is 6. The van der Waals surface area contributed by atoms with Crippen molar-refractivity contribution >= 4 is 27.6 Å². The van der Waals surface area contributed by atoms with E-state index in [4.69, 9.17) is 9.47 Å². The minimum atomic E-state index is -0.130. The normalized spacial score (nSPS) is 26.9. The number of amides is 2. The summed E-state index contributed by atoms with van der Waals surface area (Å²) in [5.41, 5.74) is 2.22. The van der Waals surface area contributed by atoms with Gasteiger partial charge in [0.25, 0.3) is 0 Å². The van der Waals surface area contributed by atoms with E-state index in [2.05, 4.69) is 43.6 Å². The number of methoxy groups -OCH3 is 2. The quantitative estimate of drug-likeness (QED) is 0.505. The molecule has 34 heavy (non-hydrogen) atoms. The van der Waals surface area contributed by atoms with Crippen molar-refractivity contribution in [1.82, 2.24) is 10.2 Å². The van der Waals surface area contributed by atoms with Gasteiger partial charge in [-0.1, -0.05) is 34.5 Å². The lowest BCUT2D eigenvalue weighted by Gasteiger charge is -2.48. The van der Waals surface area contributed by atoms with E-state index in [0.29, 0.717) is 12.1 Å². The fraction of sp³-hybridized carbons (Fsp3) is 0.519. The Morgan fingerprint density at radius 3 is 2.59 bits per heavy atom. The van der Waals surface area contributed by atoms with Crippen LogP contribution in [0.3, 0.4) is 0 Å². The second-order valence-electron chi connectivity index (χ2n) is 9.89. The molecule has 1 saturated heterocycles. The van der Waals surface area contributed by atoms with Crippen LogP contribution in [0.4, 0.5) is 10.5 Å². The number of hydrogen-bond donors (Lipinski definition) is 2. The van der Waals surface area contributed by atoms with Gasteiger partial charge in [0.05, 0.1) is 14.2 Å². The van der Waals surface area contributed by atoms with Gasteiger partial charge >= 0.3 is 6.03 Å². The number of likely N-dealkylation sites (tertiary alicyclic amines) is 1. The lowest BCUT2D eigenvalue weighted by Crippen LogP contribution is -2.55. The number of carbonyl (C=O) groups is 1. The van der Waals surface area contributed by atoms with Gasteiger partial charge in [-0.3, -0.25) is 4.90 Å². The van der Waals surface area contributed by atoms with Crippen molar-refractivity contribution in [2.75, 3.05) is 26.1 Å². The maximum atomic E-state index is 12.8. The van der Waals surface area contributed by atoms with Gasteiger partial charge in [0.15, 0.2) is 11.5 Å². The highest BCUT2D eigenvalue weighted by atomic mass is 79.9. The van der Waals surface area contributed by atoms with Crippen LogP contribution in [0, 0.1) is 0 Å². The number of ether oxygens (including phenoxy) is 2. The molecule has 0 radical (unpaired) electrons. The van der Waals surface area contributed by atoms with Crippen molar-refractivity contribution in [3.8, 4) is 11.5 Å². The van der Waals surface area contributed by atoms with Crippen molar-refractivity contribution in [1.29, 1.82) is 0 Å². The average Bonchev–Trinajstić information content (AvgIpc) is 3.17. The number of urea groups is 1. The first-order valence-corrected chi connectivity index (χ1v) is 13.1. The van der Waals surface area contributed by atoms with Crippen molar-refractivity contribution in [3.05, 3.63) is 52.5 Å². The minimum Gasteiger partial charge on any atom is -0.493 e. The summed E-state index contributed by atoms with van der Waals surface area (Å²) in [6.07, 6.45) is 8.05.